The van der Waals surface area contributed by atoms with E-state index in [1.54, 1.807) is 4.68 Å². The van der Waals surface area contributed by atoms with Crippen LogP contribution in [0.5, 0.6) is 0 Å². The highest BCUT2D eigenvalue weighted by molar-refractivity contribution is 6.30. The van der Waals surface area contributed by atoms with E-state index < -0.39 is 0 Å². The number of benzene rings is 1. The summed E-state index contributed by atoms with van der Waals surface area (Å²) in [6.45, 7) is 0. The predicted molar refractivity (Wildman–Crippen MR) is 58.1 cm³/mol. The van der Waals surface area contributed by atoms with Crippen LogP contribution in [0.2, 0.25) is 5.02 Å². The molecule has 2 rings (SSSR count). The summed E-state index contributed by atoms with van der Waals surface area (Å²) < 4.78 is 1.77. The number of halogens is 2. The molecule has 0 bridgehead atoms. The van der Waals surface area contributed by atoms with Crippen LogP contribution in [0.4, 0.5) is 0 Å². The first kappa shape index (κ1) is 9.56. The van der Waals surface area contributed by atoms with Crippen molar-refractivity contribution in [2.24, 2.45) is 0 Å². The smallest absolute Gasteiger partial charge is 0.0776 e. The maximum atomic E-state index is 5.78. The van der Waals surface area contributed by atoms with Gasteiger partial charge < -0.3 is 0 Å². The number of hydrogen-bond acceptors (Lipinski definition) is 1. The second-order valence-electron chi connectivity index (χ2n) is 2.86. The Morgan fingerprint density at radius 1 is 1.14 bits per heavy atom. The van der Waals surface area contributed by atoms with Crippen LogP contribution in [0.1, 0.15) is 5.69 Å². The van der Waals surface area contributed by atoms with Crippen molar-refractivity contribution in [2.45, 2.75) is 5.88 Å². The zero-order valence-electron chi connectivity index (χ0n) is 7.32. The molecule has 0 unspecified atom stereocenters. The lowest BCUT2D eigenvalue weighted by atomic mass is 10.3. The number of nitrogens with zero attached hydrogens (tertiary/aromatic N) is 2. The van der Waals surface area contributed by atoms with Crippen LogP contribution >= 0.6 is 23.2 Å². The molecule has 0 atom stereocenters. The van der Waals surface area contributed by atoms with Crippen LogP contribution in [-0.2, 0) is 5.88 Å². The van der Waals surface area contributed by atoms with Crippen molar-refractivity contribution in [3.05, 3.63) is 47.2 Å². The second-order valence-corrected chi connectivity index (χ2v) is 3.57. The summed E-state index contributed by atoms with van der Waals surface area (Å²) in [7, 11) is 0. The van der Waals surface area contributed by atoms with Crippen LogP contribution in [0.15, 0.2) is 36.5 Å². The molecule has 0 saturated heterocycles. The summed E-state index contributed by atoms with van der Waals surface area (Å²) >= 11 is 11.4. The predicted octanol–water partition coefficient (Wildman–Crippen LogP) is 3.26. The Morgan fingerprint density at radius 2 is 1.86 bits per heavy atom. The standard InChI is InChI=1S/C10H8Cl2N2/c11-7-9-5-6-14(13-9)10-3-1-8(12)2-4-10/h1-6H,7H2. The largest absolute Gasteiger partial charge is 0.241 e. The topological polar surface area (TPSA) is 17.8 Å². The Bertz CT molecular complexity index is 420. The second kappa shape index (κ2) is 4.03. The lowest BCUT2D eigenvalue weighted by Crippen LogP contribution is -1.94. The maximum absolute atomic E-state index is 5.78. The summed E-state index contributed by atoms with van der Waals surface area (Å²) in [6.07, 6.45) is 1.88. The molecule has 72 valence electrons. The molecule has 0 N–H and O–H groups in total. The molecule has 0 spiro atoms. The van der Waals surface area contributed by atoms with E-state index in [9.17, 15) is 0 Å². The molecule has 0 aliphatic carbocycles. The van der Waals surface area contributed by atoms with Crippen molar-refractivity contribution in [3.8, 4) is 5.69 Å². The molecule has 0 amide bonds. The first-order chi connectivity index (χ1) is 6.79. The van der Waals surface area contributed by atoms with Gasteiger partial charge in [-0.2, -0.15) is 5.10 Å². The van der Waals surface area contributed by atoms with Crippen molar-refractivity contribution in [1.29, 1.82) is 0 Å². The average molecular weight is 227 g/mol. The van der Waals surface area contributed by atoms with Gasteiger partial charge in [0.25, 0.3) is 0 Å². The van der Waals surface area contributed by atoms with Crippen LogP contribution in [0.25, 0.3) is 5.69 Å². The minimum Gasteiger partial charge on any atom is -0.241 e. The molecule has 0 aliphatic rings. The molecule has 0 radical (unpaired) electrons. The normalized spacial score (nSPS) is 10.4. The first-order valence-electron chi connectivity index (χ1n) is 4.16. The van der Waals surface area contributed by atoms with E-state index in [0.29, 0.717) is 5.88 Å². The molecule has 4 heteroatoms. The fourth-order valence-electron chi connectivity index (χ4n) is 1.17. The van der Waals surface area contributed by atoms with Gasteiger partial charge in [0.1, 0.15) is 0 Å². The zero-order valence-corrected chi connectivity index (χ0v) is 8.83. The summed E-state index contributed by atoms with van der Waals surface area (Å²) in [5.74, 6) is 0.431. The molecule has 2 nitrogen and oxygen atoms in total. The lowest BCUT2D eigenvalue weighted by Gasteiger charge is -2.00. The van der Waals surface area contributed by atoms with Gasteiger partial charge in [0.15, 0.2) is 0 Å². The van der Waals surface area contributed by atoms with E-state index >= 15 is 0 Å². The van der Waals surface area contributed by atoms with Gasteiger partial charge in [-0.05, 0) is 30.3 Å². The molecule has 0 saturated carbocycles. The van der Waals surface area contributed by atoms with E-state index in [1.165, 1.54) is 0 Å². The monoisotopic (exact) mass is 226 g/mol. The van der Waals surface area contributed by atoms with Gasteiger partial charge in [0.2, 0.25) is 0 Å². The van der Waals surface area contributed by atoms with Gasteiger partial charge in [0, 0.05) is 11.2 Å². The lowest BCUT2D eigenvalue weighted by molar-refractivity contribution is 0.859. The highest BCUT2D eigenvalue weighted by Crippen LogP contribution is 2.13. The molecule has 1 aromatic heterocycles. The Hall–Kier alpha value is -0.990. The maximum Gasteiger partial charge on any atom is 0.0776 e. The third-order valence-corrected chi connectivity index (χ3v) is 2.40. The van der Waals surface area contributed by atoms with Crippen LogP contribution < -0.4 is 0 Å². The number of aromatic nitrogens is 2. The molecular formula is C10H8Cl2N2. The molecule has 0 aliphatic heterocycles. The first-order valence-corrected chi connectivity index (χ1v) is 5.07. The van der Waals surface area contributed by atoms with Crippen molar-refractivity contribution in [2.75, 3.05) is 0 Å². The SMILES string of the molecule is ClCc1ccn(-c2ccc(Cl)cc2)n1. The Morgan fingerprint density at radius 3 is 2.43 bits per heavy atom. The Labute approximate surface area is 92.1 Å². The molecule has 0 fully saturated rings. The molecular weight excluding hydrogens is 219 g/mol. The van der Waals surface area contributed by atoms with E-state index in [4.69, 9.17) is 23.2 Å². The molecule has 14 heavy (non-hydrogen) atoms. The third kappa shape index (κ3) is 1.91. The molecule has 2 aromatic rings. The minimum absolute atomic E-state index is 0.431. The molecule has 1 aromatic carbocycles. The fourth-order valence-corrected chi connectivity index (χ4v) is 1.44. The van der Waals surface area contributed by atoms with Crippen LogP contribution in [-0.4, -0.2) is 9.78 Å². The quantitative estimate of drug-likeness (QED) is 0.720. The molecule has 1 heterocycles. The number of alkyl halides is 1. The zero-order chi connectivity index (χ0) is 9.97. The van der Waals surface area contributed by atoms with Crippen LogP contribution in [0.3, 0.4) is 0 Å². The van der Waals surface area contributed by atoms with Gasteiger partial charge in [-0.3, -0.25) is 0 Å². The third-order valence-electron chi connectivity index (χ3n) is 1.87. The highest BCUT2D eigenvalue weighted by Gasteiger charge is 1.99. The Balaban J connectivity index is 2.34. The summed E-state index contributed by atoms with van der Waals surface area (Å²) in [5, 5.41) is 4.99. The van der Waals surface area contributed by atoms with Gasteiger partial charge in [0.05, 0.1) is 17.3 Å². The number of hydrogen-bond donors (Lipinski definition) is 0. The fraction of sp³-hybridized carbons (Fsp3) is 0.100. The van der Waals surface area contributed by atoms with Crippen molar-refractivity contribution < 1.29 is 0 Å². The average Bonchev–Trinajstić information content (AvgIpc) is 2.67. The van der Waals surface area contributed by atoms with Gasteiger partial charge in [-0.25, -0.2) is 4.68 Å². The summed E-state index contributed by atoms with van der Waals surface area (Å²) in [6, 6.07) is 9.38. The number of rotatable bonds is 2. The van der Waals surface area contributed by atoms with E-state index in [-0.39, 0.29) is 0 Å². The minimum atomic E-state index is 0.431. The highest BCUT2D eigenvalue weighted by atomic mass is 35.5. The summed E-state index contributed by atoms with van der Waals surface area (Å²) in [4.78, 5) is 0. The van der Waals surface area contributed by atoms with Crippen molar-refractivity contribution in [1.82, 2.24) is 9.78 Å². The van der Waals surface area contributed by atoms with Crippen LogP contribution in [0, 0.1) is 0 Å². The van der Waals surface area contributed by atoms with E-state index in [1.807, 2.05) is 36.5 Å². The van der Waals surface area contributed by atoms with Gasteiger partial charge in [-0.1, -0.05) is 11.6 Å². The van der Waals surface area contributed by atoms with Gasteiger partial charge >= 0.3 is 0 Å². The van der Waals surface area contributed by atoms with Crippen molar-refractivity contribution in [3.63, 3.8) is 0 Å². The van der Waals surface area contributed by atoms with Crippen molar-refractivity contribution >= 4 is 23.2 Å². The Kier molecular flexibility index (Phi) is 2.75. The van der Waals surface area contributed by atoms with E-state index in [0.717, 1.165) is 16.4 Å². The van der Waals surface area contributed by atoms with Gasteiger partial charge in [-0.15, -0.1) is 11.6 Å². The van der Waals surface area contributed by atoms with E-state index in [2.05, 4.69) is 5.10 Å². The summed E-state index contributed by atoms with van der Waals surface area (Å²) in [5.41, 5.74) is 1.84.